The third-order valence-electron chi connectivity index (χ3n) is 9.80. The quantitative estimate of drug-likeness (QED) is 0.211. The third kappa shape index (κ3) is 5.74. The van der Waals surface area contributed by atoms with E-state index in [4.69, 9.17) is 25.5 Å². The number of hydrogen-bond donors (Lipinski definition) is 0. The average molecular weight is 771 g/mol. The average Bonchev–Trinajstić information content (AvgIpc) is 3.85. The monoisotopic (exact) mass is 769 g/mol. The first-order valence-corrected chi connectivity index (χ1v) is 18.7. The molecule has 3 aliphatic heterocycles. The van der Waals surface area contributed by atoms with Gasteiger partial charge in [-0.3, -0.25) is 14.6 Å². The van der Waals surface area contributed by atoms with Crippen molar-refractivity contribution in [3.05, 3.63) is 99.1 Å². The molecule has 1 unspecified atom stereocenters. The van der Waals surface area contributed by atoms with Crippen molar-refractivity contribution in [1.29, 1.82) is 0 Å². The Labute approximate surface area is 299 Å². The maximum Gasteiger partial charge on any atom is 0.271 e. The van der Waals surface area contributed by atoms with E-state index in [0.717, 1.165) is 42.5 Å². The van der Waals surface area contributed by atoms with Crippen LogP contribution in [0.1, 0.15) is 41.5 Å². The number of methoxy groups -OCH3 is 2. The largest absolute Gasteiger partial charge is 0.496 e. The summed E-state index contributed by atoms with van der Waals surface area (Å²) < 4.78 is 48.0. The fourth-order valence-electron chi connectivity index (χ4n) is 7.42. The summed E-state index contributed by atoms with van der Waals surface area (Å²) in [4.78, 5) is 26.7. The van der Waals surface area contributed by atoms with E-state index in [9.17, 15) is 8.42 Å². The smallest absolute Gasteiger partial charge is 0.271 e. The lowest BCUT2D eigenvalue weighted by Crippen LogP contribution is -2.54. The maximum absolute atomic E-state index is 15.6. The minimum atomic E-state index is -4.46. The number of aromatic nitrogens is 1. The van der Waals surface area contributed by atoms with E-state index in [1.54, 1.807) is 37.6 Å². The Kier molecular flexibility index (Phi) is 9.26. The zero-order chi connectivity index (χ0) is 34.5. The molecule has 3 aliphatic rings. The highest BCUT2D eigenvalue weighted by Crippen LogP contribution is 2.57. The van der Waals surface area contributed by atoms with Crippen LogP contribution in [0.25, 0.3) is 0 Å². The number of amides is 1. The van der Waals surface area contributed by atoms with Crippen LogP contribution in [0.5, 0.6) is 11.5 Å². The number of carbonyl (C=O) groups is 1. The van der Waals surface area contributed by atoms with Gasteiger partial charge < -0.3 is 18.8 Å². The van der Waals surface area contributed by atoms with Crippen LogP contribution in [0, 0.1) is 0 Å². The number of oxazole rings is 1. The zero-order valence-corrected chi connectivity index (χ0v) is 30.6. The summed E-state index contributed by atoms with van der Waals surface area (Å²) >= 11 is 10.1. The number of likely N-dealkylation sites (N-methyl/N-ethyl adjacent to an activating group) is 1. The van der Waals surface area contributed by atoms with Crippen molar-refractivity contribution in [1.82, 2.24) is 19.7 Å². The first-order valence-electron chi connectivity index (χ1n) is 16.1. The molecule has 0 saturated carbocycles. The number of sulfonamides is 1. The third-order valence-corrected chi connectivity index (χ3v) is 12.3. The van der Waals surface area contributed by atoms with Crippen LogP contribution in [-0.4, -0.2) is 88.0 Å². The standard InChI is InChI=1S/C35H37BrClN5O6S/c1-39-14-16-40(17-15-39)22-23-6-10-31(46-2)27(19-23)35(41-13-4-5-30(41)33-38-12-18-48-33)26-20-24(37)7-9-29(26)42(34(35)43)49(44,45)25-8-11-32(47-3)28(36)21-25/h6-12,18-21,30H,4-5,13-17,22H2,1-3H3/t30-,35?/m0/s1. The molecule has 1 aromatic heterocycles. The molecule has 2 atom stereocenters. The molecule has 11 nitrogen and oxygen atoms in total. The molecule has 3 aromatic carbocycles. The molecule has 0 spiro atoms. The van der Waals surface area contributed by atoms with Crippen molar-refractivity contribution < 1.29 is 27.1 Å². The summed E-state index contributed by atoms with van der Waals surface area (Å²) in [5.74, 6) is 0.693. The van der Waals surface area contributed by atoms with Gasteiger partial charge in [0.25, 0.3) is 15.9 Å². The molecule has 4 heterocycles. The molecule has 14 heteroatoms. The number of rotatable bonds is 9. The number of likely N-dealkylation sites (tertiary alicyclic amines) is 1. The molecule has 49 heavy (non-hydrogen) atoms. The second kappa shape index (κ2) is 13.3. The molecule has 2 saturated heterocycles. The van der Waals surface area contributed by atoms with Crippen molar-refractivity contribution in [3.8, 4) is 11.5 Å². The van der Waals surface area contributed by atoms with Gasteiger partial charge in [-0.2, -0.15) is 0 Å². The van der Waals surface area contributed by atoms with Crippen molar-refractivity contribution in [3.63, 3.8) is 0 Å². The van der Waals surface area contributed by atoms with Gasteiger partial charge in [-0.15, -0.1) is 0 Å². The summed E-state index contributed by atoms with van der Waals surface area (Å²) in [6, 6.07) is 14.8. The van der Waals surface area contributed by atoms with Crippen LogP contribution in [0.3, 0.4) is 0 Å². The Morgan fingerprint density at radius 1 is 0.980 bits per heavy atom. The lowest BCUT2D eigenvalue weighted by Gasteiger charge is -2.41. The highest BCUT2D eigenvalue weighted by molar-refractivity contribution is 9.10. The molecule has 0 bridgehead atoms. The lowest BCUT2D eigenvalue weighted by molar-refractivity contribution is -0.127. The number of ether oxygens (including phenoxy) is 2. The van der Waals surface area contributed by atoms with Gasteiger partial charge in [0.05, 0.1) is 41.5 Å². The minimum absolute atomic E-state index is 0.0771. The molecule has 1 amide bonds. The summed E-state index contributed by atoms with van der Waals surface area (Å²) in [7, 11) is 0.711. The first-order chi connectivity index (χ1) is 23.6. The second-order valence-electron chi connectivity index (χ2n) is 12.6. The van der Waals surface area contributed by atoms with Gasteiger partial charge in [0, 0.05) is 55.4 Å². The number of benzene rings is 3. The Balaban J connectivity index is 1.47. The van der Waals surface area contributed by atoms with Gasteiger partial charge in [-0.1, -0.05) is 17.7 Å². The summed E-state index contributed by atoms with van der Waals surface area (Å²) in [5, 5.41) is 0.363. The normalized spacial score (nSPS) is 22.1. The van der Waals surface area contributed by atoms with Gasteiger partial charge in [0.15, 0.2) is 5.54 Å². The highest BCUT2D eigenvalue weighted by Gasteiger charge is 2.63. The van der Waals surface area contributed by atoms with Crippen molar-refractivity contribution in [2.45, 2.75) is 35.9 Å². The van der Waals surface area contributed by atoms with Crippen LogP contribution in [0.4, 0.5) is 5.69 Å². The molecule has 258 valence electrons. The first kappa shape index (κ1) is 34.0. The van der Waals surface area contributed by atoms with E-state index in [1.807, 2.05) is 23.1 Å². The van der Waals surface area contributed by atoms with Crippen LogP contribution in [0.2, 0.25) is 5.02 Å². The Hall–Kier alpha value is -3.46. The van der Waals surface area contributed by atoms with Crippen LogP contribution in [0.15, 0.2) is 80.8 Å². The molecule has 7 rings (SSSR count). The topological polar surface area (TPSA) is 109 Å². The fraction of sp³-hybridized carbons (Fsp3) is 0.371. The predicted molar refractivity (Wildman–Crippen MR) is 189 cm³/mol. The van der Waals surface area contributed by atoms with Crippen molar-refractivity contribution >= 4 is 49.1 Å². The Bertz CT molecular complexity index is 1990. The van der Waals surface area contributed by atoms with E-state index >= 15 is 4.79 Å². The molecule has 4 aromatic rings. The maximum atomic E-state index is 15.6. The fourth-order valence-corrected chi connectivity index (χ4v) is 9.77. The van der Waals surface area contributed by atoms with E-state index in [-0.39, 0.29) is 10.6 Å². The summed E-state index contributed by atoms with van der Waals surface area (Å²) in [5.41, 5.74) is 0.488. The van der Waals surface area contributed by atoms with Gasteiger partial charge in [0.1, 0.15) is 17.8 Å². The number of halogens is 2. The predicted octanol–water partition coefficient (Wildman–Crippen LogP) is 5.67. The molecular weight excluding hydrogens is 734 g/mol. The number of carbonyl (C=O) groups excluding carboxylic acids is 1. The minimum Gasteiger partial charge on any atom is -0.496 e. The van der Waals surface area contributed by atoms with Crippen LogP contribution in [-0.2, 0) is 26.9 Å². The molecule has 0 aliphatic carbocycles. The zero-order valence-electron chi connectivity index (χ0n) is 27.4. The van der Waals surface area contributed by atoms with E-state index < -0.39 is 27.5 Å². The van der Waals surface area contributed by atoms with Gasteiger partial charge in [0.2, 0.25) is 5.89 Å². The van der Waals surface area contributed by atoms with Crippen LogP contribution >= 0.6 is 27.5 Å². The van der Waals surface area contributed by atoms with Gasteiger partial charge in [-0.05, 0) is 89.9 Å². The van der Waals surface area contributed by atoms with E-state index in [1.165, 1.54) is 25.5 Å². The second-order valence-corrected chi connectivity index (χ2v) is 15.7. The summed E-state index contributed by atoms with van der Waals surface area (Å²) in [6.45, 7) is 4.83. The molecule has 0 radical (unpaired) electrons. The van der Waals surface area contributed by atoms with Crippen molar-refractivity contribution in [2.24, 2.45) is 0 Å². The summed E-state index contributed by atoms with van der Waals surface area (Å²) in [6.07, 6.45) is 4.46. The van der Waals surface area contributed by atoms with E-state index in [0.29, 0.717) is 57.5 Å². The number of anilines is 1. The molecular formula is C35H37BrClN5O6S. The Morgan fingerprint density at radius 3 is 2.43 bits per heavy atom. The van der Waals surface area contributed by atoms with Crippen molar-refractivity contribution in [2.75, 3.05) is 58.3 Å². The number of fused-ring (bicyclic) bond motifs is 1. The van der Waals surface area contributed by atoms with Gasteiger partial charge >= 0.3 is 0 Å². The van der Waals surface area contributed by atoms with E-state index in [2.05, 4.69) is 37.8 Å². The number of hydrogen-bond acceptors (Lipinski definition) is 10. The molecule has 0 N–H and O–H groups in total. The Morgan fingerprint density at radius 2 is 1.73 bits per heavy atom. The van der Waals surface area contributed by atoms with Gasteiger partial charge in [-0.25, -0.2) is 17.7 Å². The number of nitrogens with zero attached hydrogens (tertiary/aromatic N) is 5. The SMILES string of the molecule is COc1ccc(S(=O)(=O)N2C(=O)C(c3cc(CN4CCN(C)CC4)ccc3OC)(N3CCC[C@H]3c3ncco3)c3cc(Cl)ccc32)cc1Br. The highest BCUT2D eigenvalue weighted by atomic mass is 79.9. The number of piperazine rings is 1. The lowest BCUT2D eigenvalue weighted by atomic mass is 9.80. The molecule has 2 fully saturated rings. The van der Waals surface area contributed by atoms with Crippen LogP contribution < -0.4 is 13.8 Å².